The molecule has 7 nitrogen and oxygen atoms in total. The summed E-state index contributed by atoms with van der Waals surface area (Å²) in [6.07, 6.45) is 5.99. The normalized spacial score (nSPS) is 14.1. The Morgan fingerprint density at radius 2 is 1.53 bits per heavy atom. The summed E-state index contributed by atoms with van der Waals surface area (Å²) >= 11 is 0. The number of likely N-dealkylation sites (tertiary alicyclic amines) is 1. The number of hydrogen-bond donors (Lipinski definition) is 2. The molecule has 0 unspecified atom stereocenters. The molecule has 7 heteroatoms. The maximum absolute atomic E-state index is 12.5. The van der Waals surface area contributed by atoms with Crippen molar-refractivity contribution < 1.29 is 9.53 Å². The molecule has 2 amide bonds. The SMILES string of the molecule is O=C(Nc1ccc(Oc2ccccc2)cc1)Nc1ccc2nn(CCN3CCCCC3)cc2c1. The lowest BCUT2D eigenvalue weighted by Gasteiger charge is -2.26. The molecule has 34 heavy (non-hydrogen) atoms. The van der Waals surface area contributed by atoms with Crippen molar-refractivity contribution in [1.29, 1.82) is 0 Å². The van der Waals surface area contributed by atoms with Crippen molar-refractivity contribution in [3.63, 3.8) is 0 Å². The molecule has 0 spiro atoms. The number of hydrogen-bond acceptors (Lipinski definition) is 4. The molecule has 5 rings (SSSR count). The number of benzene rings is 3. The highest BCUT2D eigenvalue weighted by atomic mass is 16.5. The summed E-state index contributed by atoms with van der Waals surface area (Å²) in [6.45, 7) is 4.28. The Labute approximate surface area is 199 Å². The van der Waals surface area contributed by atoms with Gasteiger partial charge in [0.1, 0.15) is 11.5 Å². The number of para-hydroxylation sites is 1. The molecule has 1 saturated heterocycles. The highest BCUT2D eigenvalue weighted by Crippen LogP contribution is 2.23. The Bertz CT molecular complexity index is 1230. The van der Waals surface area contributed by atoms with Gasteiger partial charge in [0.05, 0.1) is 12.1 Å². The van der Waals surface area contributed by atoms with Gasteiger partial charge in [-0.2, -0.15) is 5.10 Å². The quantitative estimate of drug-likeness (QED) is 0.361. The lowest BCUT2D eigenvalue weighted by Crippen LogP contribution is -2.32. The molecule has 2 N–H and O–H groups in total. The second-order valence-corrected chi connectivity index (χ2v) is 8.59. The number of nitrogens with one attached hydrogen (secondary N) is 2. The van der Waals surface area contributed by atoms with Crippen LogP contribution in [0.15, 0.2) is 79.0 Å². The first kappa shape index (κ1) is 22.0. The minimum Gasteiger partial charge on any atom is -0.457 e. The van der Waals surface area contributed by atoms with E-state index in [0.717, 1.165) is 35.4 Å². The zero-order valence-electron chi connectivity index (χ0n) is 19.1. The van der Waals surface area contributed by atoms with Crippen LogP contribution >= 0.6 is 0 Å². The summed E-state index contributed by atoms with van der Waals surface area (Å²) in [7, 11) is 0. The zero-order valence-corrected chi connectivity index (χ0v) is 19.1. The number of rotatable bonds is 7. The summed E-state index contributed by atoms with van der Waals surface area (Å²) in [5.41, 5.74) is 2.34. The highest BCUT2D eigenvalue weighted by Gasteiger charge is 2.11. The van der Waals surface area contributed by atoms with Crippen LogP contribution in [0.4, 0.5) is 16.2 Å². The van der Waals surface area contributed by atoms with E-state index < -0.39 is 0 Å². The van der Waals surface area contributed by atoms with E-state index in [1.54, 1.807) is 0 Å². The molecule has 1 aromatic heterocycles. The molecule has 0 saturated carbocycles. The first-order chi connectivity index (χ1) is 16.7. The van der Waals surface area contributed by atoms with Crippen molar-refractivity contribution in [3.8, 4) is 11.5 Å². The number of carbonyl (C=O) groups is 1. The van der Waals surface area contributed by atoms with Crippen molar-refractivity contribution in [1.82, 2.24) is 14.7 Å². The van der Waals surface area contributed by atoms with Crippen molar-refractivity contribution in [2.24, 2.45) is 0 Å². The van der Waals surface area contributed by atoms with Crippen LogP contribution in [0.1, 0.15) is 19.3 Å². The summed E-state index contributed by atoms with van der Waals surface area (Å²) in [6, 6.07) is 22.3. The number of anilines is 2. The molecule has 1 fully saturated rings. The monoisotopic (exact) mass is 455 g/mol. The molecule has 1 aliphatic rings. The zero-order chi connectivity index (χ0) is 23.2. The van der Waals surface area contributed by atoms with Gasteiger partial charge in [-0.15, -0.1) is 0 Å². The third-order valence-corrected chi connectivity index (χ3v) is 5.99. The van der Waals surface area contributed by atoms with Crippen molar-refractivity contribution in [2.45, 2.75) is 25.8 Å². The highest BCUT2D eigenvalue weighted by molar-refractivity contribution is 6.00. The number of piperidine rings is 1. The predicted molar refractivity (Wildman–Crippen MR) is 136 cm³/mol. The van der Waals surface area contributed by atoms with Crippen LogP contribution in [0.3, 0.4) is 0 Å². The molecule has 1 aliphatic heterocycles. The second-order valence-electron chi connectivity index (χ2n) is 8.59. The number of aromatic nitrogens is 2. The van der Waals surface area contributed by atoms with Crippen LogP contribution in [0.5, 0.6) is 11.5 Å². The number of nitrogens with zero attached hydrogens (tertiary/aromatic N) is 3. The van der Waals surface area contributed by atoms with Gasteiger partial charge in [0.15, 0.2) is 0 Å². The molecule has 0 aliphatic carbocycles. The summed E-state index contributed by atoms with van der Waals surface area (Å²) in [5.74, 6) is 1.48. The van der Waals surface area contributed by atoms with Gasteiger partial charge >= 0.3 is 6.03 Å². The fourth-order valence-corrected chi connectivity index (χ4v) is 4.22. The number of ether oxygens (including phenoxy) is 1. The van der Waals surface area contributed by atoms with Crippen LogP contribution in [-0.2, 0) is 6.54 Å². The average Bonchev–Trinajstić information content (AvgIpc) is 3.27. The smallest absolute Gasteiger partial charge is 0.323 e. The van der Waals surface area contributed by atoms with Gasteiger partial charge in [-0.1, -0.05) is 24.6 Å². The van der Waals surface area contributed by atoms with Crippen LogP contribution in [0.2, 0.25) is 0 Å². The number of urea groups is 1. The van der Waals surface area contributed by atoms with Gasteiger partial charge in [-0.3, -0.25) is 4.68 Å². The van der Waals surface area contributed by atoms with Crippen molar-refractivity contribution in [2.75, 3.05) is 30.3 Å². The van der Waals surface area contributed by atoms with Gasteiger partial charge in [0.2, 0.25) is 0 Å². The van der Waals surface area contributed by atoms with E-state index >= 15 is 0 Å². The van der Waals surface area contributed by atoms with E-state index in [9.17, 15) is 4.79 Å². The standard InChI is InChI=1S/C27H29N5O2/c33-27(28-22-9-12-25(13-10-22)34-24-7-3-1-4-8-24)29-23-11-14-26-21(19-23)20-32(30-26)18-17-31-15-5-2-6-16-31/h1,3-4,7-14,19-20H,2,5-6,15-18H2,(H2,28,29,33). The average molecular weight is 456 g/mol. The van der Waals surface area contributed by atoms with Crippen molar-refractivity contribution >= 4 is 28.3 Å². The van der Waals surface area contributed by atoms with Gasteiger partial charge in [-0.25, -0.2) is 4.79 Å². The van der Waals surface area contributed by atoms with Crippen LogP contribution < -0.4 is 15.4 Å². The minimum absolute atomic E-state index is 0.298. The fourth-order valence-electron chi connectivity index (χ4n) is 4.22. The minimum atomic E-state index is -0.298. The number of amides is 2. The second kappa shape index (κ2) is 10.4. The predicted octanol–water partition coefficient (Wildman–Crippen LogP) is 5.96. The summed E-state index contributed by atoms with van der Waals surface area (Å²) < 4.78 is 7.79. The Balaban J connectivity index is 1.15. The van der Waals surface area contributed by atoms with E-state index in [1.807, 2.05) is 83.7 Å². The van der Waals surface area contributed by atoms with E-state index in [2.05, 4.69) is 20.6 Å². The Morgan fingerprint density at radius 1 is 0.824 bits per heavy atom. The third kappa shape index (κ3) is 5.74. The summed E-state index contributed by atoms with van der Waals surface area (Å²) in [5, 5.41) is 11.4. The Hall–Kier alpha value is -3.84. The van der Waals surface area contributed by atoms with Crippen LogP contribution in [-0.4, -0.2) is 40.3 Å². The molecule has 0 bridgehead atoms. The molecule has 2 heterocycles. The van der Waals surface area contributed by atoms with Gasteiger partial charge in [-0.05, 0) is 80.5 Å². The van der Waals surface area contributed by atoms with E-state index in [1.165, 1.54) is 32.4 Å². The van der Waals surface area contributed by atoms with Gasteiger partial charge in [0, 0.05) is 29.5 Å². The molecule has 3 aromatic carbocycles. The molecular formula is C27H29N5O2. The number of carbonyl (C=O) groups excluding carboxylic acids is 1. The summed E-state index contributed by atoms with van der Waals surface area (Å²) in [4.78, 5) is 15.0. The topological polar surface area (TPSA) is 71.4 Å². The van der Waals surface area contributed by atoms with Crippen LogP contribution in [0, 0.1) is 0 Å². The Morgan fingerprint density at radius 3 is 2.32 bits per heavy atom. The lowest BCUT2D eigenvalue weighted by atomic mass is 10.1. The van der Waals surface area contributed by atoms with E-state index in [0.29, 0.717) is 11.4 Å². The van der Waals surface area contributed by atoms with E-state index in [4.69, 9.17) is 4.74 Å². The third-order valence-electron chi connectivity index (χ3n) is 5.99. The lowest BCUT2D eigenvalue weighted by molar-refractivity contribution is 0.218. The maximum Gasteiger partial charge on any atom is 0.323 e. The van der Waals surface area contributed by atoms with Gasteiger partial charge in [0.25, 0.3) is 0 Å². The van der Waals surface area contributed by atoms with Gasteiger partial charge < -0.3 is 20.3 Å². The van der Waals surface area contributed by atoms with Crippen LogP contribution in [0.25, 0.3) is 10.9 Å². The number of fused-ring (bicyclic) bond motifs is 1. The Kier molecular flexibility index (Phi) is 6.72. The molecule has 4 aromatic rings. The molecule has 0 radical (unpaired) electrons. The maximum atomic E-state index is 12.5. The largest absolute Gasteiger partial charge is 0.457 e. The first-order valence-corrected chi connectivity index (χ1v) is 11.8. The van der Waals surface area contributed by atoms with Crippen molar-refractivity contribution in [3.05, 3.63) is 79.0 Å². The molecule has 0 atom stereocenters. The van der Waals surface area contributed by atoms with E-state index in [-0.39, 0.29) is 6.03 Å². The molecule has 174 valence electrons. The molecular weight excluding hydrogens is 426 g/mol. The first-order valence-electron chi connectivity index (χ1n) is 11.8. The fraction of sp³-hybridized carbons (Fsp3) is 0.259.